The molecule has 0 atom stereocenters. The highest BCUT2D eigenvalue weighted by Crippen LogP contribution is 2.26. The molecular weight excluding hydrogens is 384 g/mol. The van der Waals surface area contributed by atoms with Gasteiger partial charge in [0.25, 0.3) is 11.8 Å². The van der Waals surface area contributed by atoms with Gasteiger partial charge in [0.05, 0.1) is 28.3 Å². The number of rotatable bonds is 5. The molecule has 0 bridgehead atoms. The first kappa shape index (κ1) is 17.9. The molecule has 0 saturated heterocycles. The van der Waals surface area contributed by atoms with Crippen LogP contribution in [0.2, 0.25) is 5.02 Å². The van der Waals surface area contributed by atoms with Crippen LogP contribution in [0, 0.1) is 0 Å². The van der Waals surface area contributed by atoms with Gasteiger partial charge in [0.2, 0.25) is 17.7 Å². The lowest BCUT2D eigenvalue weighted by Gasteiger charge is -2.12. The highest BCUT2D eigenvalue weighted by atomic mass is 35.5. The van der Waals surface area contributed by atoms with Gasteiger partial charge in [0.15, 0.2) is 0 Å². The molecule has 0 saturated carbocycles. The Hall–Kier alpha value is -3.52. The van der Waals surface area contributed by atoms with Crippen molar-refractivity contribution >= 4 is 29.3 Å². The zero-order valence-electron chi connectivity index (χ0n) is 14.4. The molecule has 0 aliphatic carbocycles. The minimum absolute atomic E-state index is 0.0422. The van der Waals surface area contributed by atoms with Crippen LogP contribution in [-0.4, -0.2) is 39.4 Å². The molecule has 2 heterocycles. The fraction of sp³-hybridized carbons (Fsp3) is 0.105. The molecule has 1 aromatic heterocycles. The summed E-state index contributed by atoms with van der Waals surface area (Å²) in [5, 5.41) is 10.8. The van der Waals surface area contributed by atoms with Gasteiger partial charge in [-0.05, 0) is 24.3 Å². The smallest absolute Gasteiger partial charge is 0.262 e. The van der Waals surface area contributed by atoms with E-state index in [-0.39, 0.29) is 18.3 Å². The number of hydrogen-bond acceptors (Lipinski definition) is 6. The molecule has 28 heavy (non-hydrogen) atoms. The summed E-state index contributed by atoms with van der Waals surface area (Å²) in [5.74, 6) is -1.10. The molecule has 0 unspecified atom stereocenters. The summed E-state index contributed by atoms with van der Waals surface area (Å²) < 4.78 is 5.49. The topological polar surface area (TPSA) is 105 Å². The Balaban J connectivity index is 1.38. The van der Waals surface area contributed by atoms with Gasteiger partial charge in [0.1, 0.15) is 6.54 Å². The second kappa shape index (κ2) is 7.24. The van der Waals surface area contributed by atoms with Crippen LogP contribution in [0.4, 0.5) is 0 Å². The average molecular weight is 397 g/mol. The van der Waals surface area contributed by atoms with E-state index in [0.717, 1.165) is 4.90 Å². The predicted molar refractivity (Wildman–Crippen MR) is 98.4 cm³/mol. The van der Waals surface area contributed by atoms with Crippen LogP contribution in [0.5, 0.6) is 0 Å². The summed E-state index contributed by atoms with van der Waals surface area (Å²) in [7, 11) is 0. The predicted octanol–water partition coefficient (Wildman–Crippen LogP) is 2.30. The number of imide groups is 1. The van der Waals surface area contributed by atoms with E-state index in [1.165, 1.54) is 0 Å². The summed E-state index contributed by atoms with van der Waals surface area (Å²) in [4.78, 5) is 37.6. The second-order valence-corrected chi connectivity index (χ2v) is 6.41. The van der Waals surface area contributed by atoms with Crippen molar-refractivity contribution in [1.82, 2.24) is 20.4 Å². The molecule has 2 aromatic carbocycles. The molecule has 1 aliphatic rings. The Morgan fingerprint density at radius 1 is 0.964 bits per heavy atom. The number of fused-ring (bicyclic) bond motifs is 1. The van der Waals surface area contributed by atoms with Crippen molar-refractivity contribution in [2.45, 2.75) is 6.54 Å². The van der Waals surface area contributed by atoms with Crippen molar-refractivity contribution in [3.63, 3.8) is 0 Å². The molecule has 3 amide bonds. The van der Waals surface area contributed by atoms with Crippen LogP contribution < -0.4 is 5.32 Å². The normalized spacial score (nSPS) is 13.0. The van der Waals surface area contributed by atoms with Crippen LogP contribution in [0.1, 0.15) is 26.6 Å². The van der Waals surface area contributed by atoms with Crippen LogP contribution in [0.3, 0.4) is 0 Å². The summed E-state index contributed by atoms with van der Waals surface area (Å²) >= 11 is 6.09. The highest BCUT2D eigenvalue weighted by molar-refractivity contribution is 6.33. The van der Waals surface area contributed by atoms with Gasteiger partial charge in [0, 0.05) is 0 Å². The van der Waals surface area contributed by atoms with E-state index in [0.29, 0.717) is 21.7 Å². The van der Waals surface area contributed by atoms with Gasteiger partial charge >= 0.3 is 0 Å². The summed E-state index contributed by atoms with van der Waals surface area (Å²) in [6.07, 6.45) is 0. The largest absolute Gasteiger partial charge is 0.419 e. The van der Waals surface area contributed by atoms with Crippen molar-refractivity contribution in [2.75, 3.05) is 6.54 Å². The molecule has 9 heteroatoms. The quantitative estimate of drug-likeness (QED) is 0.663. The summed E-state index contributed by atoms with van der Waals surface area (Å²) in [5.41, 5.74) is 1.17. The monoisotopic (exact) mass is 396 g/mol. The number of benzene rings is 2. The average Bonchev–Trinajstić information content (AvgIpc) is 3.26. The molecule has 0 spiro atoms. The van der Waals surface area contributed by atoms with Crippen LogP contribution in [-0.2, 0) is 11.3 Å². The first-order valence-electron chi connectivity index (χ1n) is 8.34. The third kappa shape index (κ3) is 3.25. The molecule has 3 aromatic rings. The SMILES string of the molecule is O=C(CN1C(=O)c2ccccc2C1=O)NCc1nnc(-c2ccccc2Cl)o1. The Morgan fingerprint density at radius 3 is 2.21 bits per heavy atom. The Morgan fingerprint density at radius 2 is 1.57 bits per heavy atom. The van der Waals surface area contributed by atoms with Gasteiger partial charge in [-0.25, -0.2) is 0 Å². The summed E-state index contributed by atoms with van der Waals surface area (Å²) in [6.45, 7) is -0.433. The van der Waals surface area contributed by atoms with E-state index < -0.39 is 24.3 Å². The number of hydrogen-bond donors (Lipinski definition) is 1. The minimum atomic E-state index is -0.521. The van der Waals surface area contributed by atoms with Crippen LogP contribution in [0.25, 0.3) is 11.5 Å². The lowest BCUT2D eigenvalue weighted by molar-refractivity contribution is -0.121. The standard InChI is InChI=1S/C19H13ClN4O4/c20-14-8-4-3-7-13(14)17-23-22-16(28-17)9-21-15(25)10-24-18(26)11-5-1-2-6-12(11)19(24)27/h1-8H,9-10H2,(H,21,25). The first-order valence-corrected chi connectivity index (χ1v) is 8.71. The number of halogens is 1. The van der Waals surface area contributed by atoms with E-state index in [9.17, 15) is 14.4 Å². The lowest BCUT2D eigenvalue weighted by atomic mass is 10.1. The second-order valence-electron chi connectivity index (χ2n) is 6.00. The third-order valence-electron chi connectivity index (χ3n) is 4.19. The first-order chi connectivity index (χ1) is 13.5. The molecule has 140 valence electrons. The fourth-order valence-corrected chi connectivity index (χ4v) is 3.04. The number of nitrogens with zero attached hydrogens (tertiary/aromatic N) is 3. The Kier molecular flexibility index (Phi) is 4.62. The van der Waals surface area contributed by atoms with Crippen LogP contribution in [0.15, 0.2) is 52.9 Å². The van der Waals surface area contributed by atoms with E-state index in [1.54, 1.807) is 48.5 Å². The number of carbonyl (C=O) groups is 3. The third-order valence-corrected chi connectivity index (χ3v) is 4.52. The van der Waals surface area contributed by atoms with E-state index in [4.69, 9.17) is 16.0 Å². The lowest BCUT2D eigenvalue weighted by Crippen LogP contribution is -2.40. The van der Waals surface area contributed by atoms with E-state index in [1.807, 2.05) is 0 Å². The van der Waals surface area contributed by atoms with E-state index in [2.05, 4.69) is 15.5 Å². The maximum absolute atomic E-state index is 12.3. The van der Waals surface area contributed by atoms with Crippen molar-refractivity contribution in [2.24, 2.45) is 0 Å². The molecular formula is C19H13ClN4O4. The maximum atomic E-state index is 12.3. The van der Waals surface area contributed by atoms with Crippen molar-refractivity contribution in [3.05, 3.63) is 70.6 Å². The van der Waals surface area contributed by atoms with Crippen LogP contribution >= 0.6 is 11.6 Å². The van der Waals surface area contributed by atoms with Gasteiger partial charge in [-0.1, -0.05) is 35.9 Å². The minimum Gasteiger partial charge on any atom is -0.419 e. The molecule has 0 fully saturated rings. The maximum Gasteiger partial charge on any atom is 0.262 e. The zero-order chi connectivity index (χ0) is 19.7. The molecule has 0 radical (unpaired) electrons. The fourth-order valence-electron chi connectivity index (χ4n) is 2.82. The van der Waals surface area contributed by atoms with Gasteiger partial charge < -0.3 is 9.73 Å². The number of aromatic nitrogens is 2. The molecule has 1 aliphatic heterocycles. The summed E-state index contributed by atoms with van der Waals surface area (Å²) in [6, 6.07) is 13.5. The number of carbonyl (C=O) groups excluding carboxylic acids is 3. The highest BCUT2D eigenvalue weighted by Gasteiger charge is 2.36. The van der Waals surface area contributed by atoms with Crippen molar-refractivity contribution in [1.29, 1.82) is 0 Å². The number of nitrogens with one attached hydrogen (secondary N) is 1. The van der Waals surface area contributed by atoms with Gasteiger partial charge in [-0.2, -0.15) is 0 Å². The van der Waals surface area contributed by atoms with Crippen molar-refractivity contribution < 1.29 is 18.8 Å². The Labute approximate surface area is 164 Å². The number of amides is 3. The zero-order valence-corrected chi connectivity index (χ0v) is 15.1. The molecule has 1 N–H and O–H groups in total. The molecule has 4 rings (SSSR count). The molecule has 8 nitrogen and oxygen atoms in total. The van der Waals surface area contributed by atoms with Crippen molar-refractivity contribution in [3.8, 4) is 11.5 Å². The Bertz CT molecular complexity index is 1060. The van der Waals surface area contributed by atoms with E-state index >= 15 is 0 Å². The van der Waals surface area contributed by atoms with Gasteiger partial charge in [-0.15, -0.1) is 10.2 Å². The van der Waals surface area contributed by atoms with Gasteiger partial charge in [-0.3, -0.25) is 19.3 Å².